The first kappa shape index (κ1) is 19.1. The van der Waals surface area contributed by atoms with Crippen LogP contribution in [0.25, 0.3) is 0 Å². The van der Waals surface area contributed by atoms with Crippen LogP contribution in [0.4, 0.5) is 4.79 Å². The average Bonchev–Trinajstić information content (AvgIpc) is 2.65. The Bertz CT molecular complexity index is 603. The quantitative estimate of drug-likeness (QED) is 0.770. The van der Waals surface area contributed by atoms with Gasteiger partial charge < -0.3 is 24.4 Å². The zero-order valence-electron chi connectivity index (χ0n) is 15.3. The zero-order chi connectivity index (χ0) is 18.2. The van der Waals surface area contributed by atoms with E-state index in [2.05, 4.69) is 11.9 Å². The highest BCUT2D eigenvalue weighted by Crippen LogP contribution is 2.33. The van der Waals surface area contributed by atoms with Crippen LogP contribution in [0.1, 0.15) is 24.0 Å². The lowest BCUT2D eigenvalue weighted by Crippen LogP contribution is -2.47. The number of rotatable bonds is 7. The molecule has 1 aromatic carbocycles. The summed E-state index contributed by atoms with van der Waals surface area (Å²) in [4.78, 5) is 14.2. The molecule has 0 saturated carbocycles. The van der Waals surface area contributed by atoms with E-state index in [4.69, 9.17) is 14.2 Å². The number of hydrogen-bond donors (Lipinski definition) is 1. The highest BCUT2D eigenvalue weighted by atomic mass is 16.5. The smallest absolute Gasteiger partial charge is 0.317 e. The fourth-order valence-corrected chi connectivity index (χ4v) is 3.12. The lowest BCUT2D eigenvalue weighted by atomic mass is 10.1. The van der Waals surface area contributed by atoms with E-state index >= 15 is 0 Å². The first-order valence-electron chi connectivity index (χ1n) is 8.53. The normalized spacial score (nSPS) is 17.1. The predicted molar refractivity (Wildman–Crippen MR) is 97.3 cm³/mol. The van der Waals surface area contributed by atoms with Crippen molar-refractivity contribution >= 4 is 6.03 Å². The molecule has 0 bridgehead atoms. The van der Waals surface area contributed by atoms with Crippen LogP contribution >= 0.6 is 0 Å². The van der Waals surface area contributed by atoms with Gasteiger partial charge in [0.2, 0.25) is 0 Å². The minimum absolute atomic E-state index is 0.0678. The molecule has 0 aromatic heterocycles. The van der Waals surface area contributed by atoms with Crippen molar-refractivity contribution in [2.75, 3.05) is 34.4 Å². The topological polar surface area (TPSA) is 60.0 Å². The second-order valence-electron chi connectivity index (χ2n) is 6.09. The lowest BCUT2D eigenvalue weighted by Gasteiger charge is -2.32. The largest absolute Gasteiger partial charge is 0.493 e. The predicted octanol–water partition coefficient (Wildman–Crippen LogP) is 2.75. The number of ether oxygens (including phenoxy) is 3. The second-order valence-corrected chi connectivity index (χ2v) is 6.09. The molecule has 138 valence electrons. The number of benzene rings is 1. The van der Waals surface area contributed by atoms with E-state index in [0.717, 1.165) is 30.5 Å². The molecule has 1 atom stereocenters. The summed E-state index contributed by atoms with van der Waals surface area (Å²) in [6.07, 6.45) is 4.58. The fraction of sp³-hybridized carbons (Fsp3) is 0.526. The summed E-state index contributed by atoms with van der Waals surface area (Å²) in [7, 11) is 4.92. The van der Waals surface area contributed by atoms with Crippen LogP contribution < -0.4 is 14.8 Å². The Labute approximate surface area is 149 Å². The maximum atomic E-state index is 12.4. The van der Waals surface area contributed by atoms with E-state index in [1.165, 1.54) is 0 Å². The Morgan fingerprint density at radius 3 is 2.80 bits per heavy atom. The number of piperidine rings is 1. The van der Waals surface area contributed by atoms with E-state index in [1.54, 1.807) is 21.3 Å². The van der Waals surface area contributed by atoms with Gasteiger partial charge in [0.1, 0.15) is 0 Å². The Morgan fingerprint density at radius 2 is 2.16 bits per heavy atom. The van der Waals surface area contributed by atoms with Gasteiger partial charge in [-0.2, -0.15) is 0 Å². The minimum atomic E-state index is -0.0678. The third kappa shape index (κ3) is 4.89. The molecule has 6 nitrogen and oxygen atoms in total. The summed E-state index contributed by atoms with van der Waals surface area (Å²) >= 11 is 0. The number of carbonyl (C=O) groups excluding carboxylic acids is 1. The van der Waals surface area contributed by atoms with E-state index in [-0.39, 0.29) is 12.1 Å². The van der Waals surface area contributed by atoms with Crippen molar-refractivity contribution in [3.05, 3.63) is 35.9 Å². The van der Waals surface area contributed by atoms with E-state index in [9.17, 15) is 4.79 Å². The van der Waals surface area contributed by atoms with Gasteiger partial charge in [0, 0.05) is 32.3 Å². The molecule has 1 N–H and O–H groups in total. The van der Waals surface area contributed by atoms with Gasteiger partial charge in [-0.05, 0) is 37.0 Å². The minimum Gasteiger partial charge on any atom is -0.493 e. The van der Waals surface area contributed by atoms with Gasteiger partial charge in [0.15, 0.2) is 11.5 Å². The zero-order valence-corrected chi connectivity index (χ0v) is 15.3. The van der Waals surface area contributed by atoms with Gasteiger partial charge in [0.05, 0.1) is 20.3 Å². The molecule has 1 saturated heterocycles. The van der Waals surface area contributed by atoms with Crippen LogP contribution in [0.5, 0.6) is 11.5 Å². The van der Waals surface area contributed by atoms with E-state index in [1.807, 2.05) is 23.1 Å². The Morgan fingerprint density at radius 1 is 1.36 bits per heavy atom. The maximum Gasteiger partial charge on any atom is 0.317 e. The van der Waals surface area contributed by atoms with Crippen molar-refractivity contribution in [1.29, 1.82) is 0 Å². The fourth-order valence-electron chi connectivity index (χ4n) is 3.12. The van der Waals surface area contributed by atoms with Gasteiger partial charge in [0.25, 0.3) is 0 Å². The van der Waals surface area contributed by atoms with Crippen molar-refractivity contribution in [3.63, 3.8) is 0 Å². The highest BCUT2D eigenvalue weighted by molar-refractivity contribution is 5.74. The van der Waals surface area contributed by atoms with Crippen LogP contribution in [-0.4, -0.2) is 51.5 Å². The van der Waals surface area contributed by atoms with Crippen LogP contribution in [0.3, 0.4) is 0 Å². The monoisotopic (exact) mass is 348 g/mol. The highest BCUT2D eigenvalue weighted by Gasteiger charge is 2.23. The number of allylic oxidation sites excluding steroid dienone is 1. The number of urea groups is 1. The third-order valence-electron chi connectivity index (χ3n) is 4.42. The lowest BCUT2D eigenvalue weighted by molar-refractivity contribution is 0.0434. The summed E-state index contributed by atoms with van der Waals surface area (Å²) in [6.45, 7) is 5.61. The molecule has 1 aromatic rings. The number of amides is 2. The van der Waals surface area contributed by atoms with Crippen LogP contribution in [-0.2, 0) is 17.7 Å². The SMILES string of the molecule is C=CCc1cc(CNC(=O)N2CCC[C@H](OC)C2)cc(OC)c1OC. The van der Waals surface area contributed by atoms with Crippen molar-refractivity contribution in [2.24, 2.45) is 0 Å². The van der Waals surface area contributed by atoms with Gasteiger partial charge in [-0.3, -0.25) is 0 Å². The van der Waals surface area contributed by atoms with E-state index < -0.39 is 0 Å². The molecule has 1 fully saturated rings. The Balaban J connectivity index is 2.05. The Kier molecular flexibility index (Phi) is 7.13. The molecule has 0 radical (unpaired) electrons. The number of carbonyl (C=O) groups is 1. The summed E-state index contributed by atoms with van der Waals surface area (Å²) in [6, 6.07) is 3.83. The standard InChI is InChI=1S/C19H28N2O4/c1-5-7-15-10-14(11-17(24-3)18(15)25-4)12-20-19(22)21-9-6-8-16(13-21)23-2/h5,10-11,16H,1,6-9,12-13H2,2-4H3,(H,20,22)/t16-/m0/s1. The maximum absolute atomic E-state index is 12.4. The molecular formula is C19H28N2O4. The van der Waals surface area contributed by atoms with Crippen LogP contribution in [0.15, 0.2) is 24.8 Å². The first-order valence-corrected chi connectivity index (χ1v) is 8.53. The molecule has 1 aliphatic heterocycles. The number of nitrogens with one attached hydrogen (secondary N) is 1. The number of methoxy groups -OCH3 is 3. The van der Waals surface area contributed by atoms with Crippen molar-refractivity contribution in [3.8, 4) is 11.5 Å². The Hall–Kier alpha value is -2.21. The molecule has 2 amide bonds. The number of likely N-dealkylation sites (tertiary alicyclic amines) is 1. The second kappa shape index (κ2) is 9.32. The first-order chi connectivity index (χ1) is 12.1. The van der Waals surface area contributed by atoms with Crippen molar-refractivity contribution < 1.29 is 19.0 Å². The third-order valence-corrected chi connectivity index (χ3v) is 4.42. The summed E-state index contributed by atoms with van der Waals surface area (Å²) in [5.74, 6) is 1.36. The van der Waals surface area contributed by atoms with Gasteiger partial charge in [-0.15, -0.1) is 6.58 Å². The molecule has 0 aliphatic carbocycles. The summed E-state index contributed by atoms with van der Waals surface area (Å²) in [5.41, 5.74) is 1.95. The molecule has 1 aliphatic rings. The van der Waals surface area contributed by atoms with Gasteiger partial charge >= 0.3 is 6.03 Å². The number of hydrogen-bond acceptors (Lipinski definition) is 4. The molecular weight excluding hydrogens is 320 g/mol. The molecule has 2 rings (SSSR count). The van der Waals surface area contributed by atoms with E-state index in [0.29, 0.717) is 31.0 Å². The van der Waals surface area contributed by atoms with Crippen molar-refractivity contribution in [2.45, 2.75) is 31.9 Å². The van der Waals surface area contributed by atoms with Crippen LogP contribution in [0, 0.1) is 0 Å². The van der Waals surface area contributed by atoms with Crippen molar-refractivity contribution in [1.82, 2.24) is 10.2 Å². The van der Waals surface area contributed by atoms with Gasteiger partial charge in [-0.25, -0.2) is 4.79 Å². The average molecular weight is 348 g/mol. The molecule has 0 spiro atoms. The van der Waals surface area contributed by atoms with Crippen LogP contribution in [0.2, 0.25) is 0 Å². The molecule has 25 heavy (non-hydrogen) atoms. The molecule has 1 heterocycles. The molecule has 6 heteroatoms. The summed E-state index contributed by atoms with van der Waals surface area (Å²) in [5, 5.41) is 2.98. The molecule has 0 unspecified atom stereocenters. The number of nitrogens with zero attached hydrogens (tertiary/aromatic N) is 1. The summed E-state index contributed by atoms with van der Waals surface area (Å²) < 4.78 is 16.2. The van der Waals surface area contributed by atoms with Gasteiger partial charge in [-0.1, -0.05) is 6.08 Å².